The van der Waals surface area contributed by atoms with Crippen LogP contribution in [0.3, 0.4) is 0 Å². The van der Waals surface area contributed by atoms with E-state index in [1.165, 1.54) is 0 Å². The molecule has 0 fully saturated rings. The molecule has 152 valence electrons. The molecule has 0 aromatic heterocycles. The maximum Gasteiger partial charge on any atom is 0.339 e. The smallest absolute Gasteiger partial charge is 0.339 e. The van der Waals surface area contributed by atoms with Gasteiger partial charge in [0.15, 0.2) is 6.61 Å². The molecule has 0 aliphatic heterocycles. The number of amides is 3. The molecule has 3 N–H and O–H groups in total. The van der Waals surface area contributed by atoms with Crippen molar-refractivity contribution >= 4 is 29.0 Å². The van der Waals surface area contributed by atoms with Gasteiger partial charge in [0.1, 0.15) is 5.75 Å². The number of nitrogens with zero attached hydrogens (tertiary/aromatic N) is 1. The van der Waals surface area contributed by atoms with Crippen LogP contribution in [0.4, 0.5) is 16.2 Å². The SMILES string of the molecule is C/C(=N/NC(=O)Nc1ccccc1)c1ccc(OCC(=O)Nc2ccccc2)cc1. The number of carbonyl (C=O) groups excluding carboxylic acids is 2. The third kappa shape index (κ3) is 6.49. The summed E-state index contributed by atoms with van der Waals surface area (Å²) in [5.41, 5.74) is 5.31. The fourth-order valence-electron chi connectivity index (χ4n) is 2.54. The van der Waals surface area contributed by atoms with E-state index in [4.69, 9.17) is 4.74 Å². The largest absolute Gasteiger partial charge is 0.484 e. The molecule has 0 radical (unpaired) electrons. The summed E-state index contributed by atoms with van der Waals surface area (Å²) in [5, 5.41) is 9.54. The Balaban J connectivity index is 1.47. The molecule has 0 saturated carbocycles. The summed E-state index contributed by atoms with van der Waals surface area (Å²) < 4.78 is 5.51. The first kappa shape index (κ1) is 20.6. The topological polar surface area (TPSA) is 91.8 Å². The third-order valence-electron chi connectivity index (χ3n) is 4.06. The van der Waals surface area contributed by atoms with E-state index < -0.39 is 6.03 Å². The van der Waals surface area contributed by atoms with Crippen LogP contribution >= 0.6 is 0 Å². The summed E-state index contributed by atoms with van der Waals surface area (Å²) >= 11 is 0. The molecule has 0 heterocycles. The molecule has 3 amide bonds. The molecule has 0 saturated heterocycles. The van der Waals surface area contributed by atoms with E-state index in [2.05, 4.69) is 21.2 Å². The normalized spacial score (nSPS) is 10.8. The number of benzene rings is 3. The highest BCUT2D eigenvalue weighted by Crippen LogP contribution is 2.13. The standard InChI is InChI=1S/C23H22N4O3/c1-17(26-27-23(29)25-20-10-6-3-7-11-20)18-12-14-21(15-13-18)30-16-22(28)24-19-8-4-2-5-9-19/h2-15H,16H2,1H3,(H,24,28)(H2,25,27,29)/b26-17-. The fourth-order valence-corrected chi connectivity index (χ4v) is 2.54. The Bertz CT molecular complexity index is 1000. The van der Waals surface area contributed by atoms with E-state index in [9.17, 15) is 9.59 Å². The van der Waals surface area contributed by atoms with E-state index in [1.807, 2.05) is 48.5 Å². The summed E-state index contributed by atoms with van der Waals surface area (Å²) in [6, 6.07) is 25.0. The zero-order chi connectivity index (χ0) is 21.2. The predicted octanol–water partition coefficient (Wildman–Crippen LogP) is 4.25. The lowest BCUT2D eigenvalue weighted by Crippen LogP contribution is -2.25. The first-order valence-corrected chi connectivity index (χ1v) is 9.34. The summed E-state index contributed by atoms with van der Waals surface area (Å²) in [6.45, 7) is 1.69. The number of nitrogens with one attached hydrogen (secondary N) is 3. The van der Waals surface area contributed by atoms with Gasteiger partial charge in [-0.15, -0.1) is 0 Å². The Morgan fingerprint density at radius 3 is 1.97 bits per heavy atom. The second-order valence-electron chi connectivity index (χ2n) is 6.36. The molecule has 7 nitrogen and oxygen atoms in total. The number of urea groups is 1. The van der Waals surface area contributed by atoms with Gasteiger partial charge in [0, 0.05) is 11.4 Å². The van der Waals surface area contributed by atoms with Crippen molar-refractivity contribution in [3.63, 3.8) is 0 Å². The first-order valence-electron chi connectivity index (χ1n) is 9.34. The van der Waals surface area contributed by atoms with Crippen LogP contribution in [-0.2, 0) is 4.79 Å². The van der Waals surface area contributed by atoms with E-state index in [0.717, 1.165) is 11.3 Å². The maximum atomic E-state index is 11.9. The Morgan fingerprint density at radius 2 is 1.37 bits per heavy atom. The van der Waals surface area contributed by atoms with Crippen LogP contribution in [0.1, 0.15) is 12.5 Å². The zero-order valence-electron chi connectivity index (χ0n) is 16.5. The minimum Gasteiger partial charge on any atom is -0.484 e. The molecule has 0 spiro atoms. The van der Waals surface area contributed by atoms with Gasteiger partial charge in [0.05, 0.1) is 5.71 Å². The van der Waals surface area contributed by atoms with Crippen molar-refractivity contribution in [3.8, 4) is 5.75 Å². The second-order valence-corrected chi connectivity index (χ2v) is 6.36. The van der Waals surface area contributed by atoms with Gasteiger partial charge in [0.25, 0.3) is 5.91 Å². The molecule has 0 aliphatic carbocycles. The van der Waals surface area contributed by atoms with Crippen molar-refractivity contribution in [1.29, 1.82) is 0 Å². The summed E-state index contributed by atoms with van der Waals surface area (Å²) in [5.74, 6) is 0.321. The monoisotopic (exact) mass is 402 g/mol. The lowest BCUT2D eigenvalue weighted by molar-refractivity contribution is -0.118. The number of hydrogen-bond donors (Lipinski definition) is 3. The van der Waals surface area contributed by atoms with Crippen molar-refractivity contribution in [2.45, 2.75) is 6.92 Å². The average molecular weight is 402 g/mol. The Hall–Kier alpha value is -4.13. The van der Waals surface area contributed by atoms with Crippen LogP contribution in [0.5, 0.6) is 5.75 Å². The number of anilines is 2. The molecule has 0 atom stereocenters. The van der Waals surface area contributed by atoms with Gasteiger partial charge in [0.2, 0.25) is 0 Å². The number of rotatable bonds is 7. The van der Waals surface area contributed by atoms with Crippen molar-refractivity contribution in [1.82, 2.24) is 5.43 Å². The van der Waals surface area contributed by atoms with Crippen LogP contribution in [0.25, 0.3) is 0 Å². The van der Waals surface area contributed by atoms with Gasteiger partial charge in [-0.3, -0.25) is 4.79 Å². The minimum atomic E-state index is -0.426. The van der Waals surface area contributed by atoms with Gasteiger partial charge in [-0.1, -0.05) is 36.4 Å². The summed E-state index contributed by atoms with van der Waals surface area (Å²) in [6.07, 6.45) is 0. The minimum absolute atomic E-state index is 0.0947. The number of hydrogen-bond acceptors (Lipinski definition) is 4. The van der Waals surface area contributed by atoms with Crippen LogP contribution in [-0.4, -0.2) is 24.3 Å². The third-order valence-corrected chi connectivity index (χ3v) is 4.06. The van der Waals surface area contributed by atoms with Crippen molar-refractivity contribution in [3.05, 3.63) is 90.5 Å². The molecule has 3 rings (SSSR count). The molecule has 0 bridgehead atoms. The van der Waals surface area contributed by atoms with Gasteiger partial charge >= 0.3 is 6.03 Å². The molecule has 3 aromatic rings. The van der Waals surface area contributed by atoms with E-state index in [1.54, 1.807) is 43.3 Å². The van der Waals surface area contributed by atoms with Gasteiger partial charge in [-0.05, 0) is 61.0 Å². The zero-order valence-corrected chi connectivity index (χ0v) is 16.5. The quantitative estimate of drug-likeness (QED) is 0.407. The molecule has 0 aliphatic rings. The predicted molar refractivity (Wildman–Crippen MR) is 118 cm³/mol. The lowest BCUT2D eigenvalue weighted by Gasteiger charge is -2.08. The van der Waals surface area contributed by atoms with E-state index in [-0.39, 0.29) is 12.5 Å². The van der Waals surface area contributed by atoms with Crippen molar-refractivity contribution in [2.75, 3.05) is 17.2 Å². The molecule has 0 unspecified atom stereocenters. The second kappa shape index (κ2) is 10.4. The van der Waals surface area contributed by atoms with E-state index in [0.29, 0.717) is 17.1 Å². The number of para-hydroxylation sites is 2. The van der Waals surface area contributed by atoms with Gasteiger partial charge in [-0.25, -0.2) is 10.2 Å². The van der Waals surface area contributed by atoms with E-state index >= 15 is 0 Å². The van der Waals surface area contributed by atoms with Crippen molar-refractivity contribution < 1.29 is 14.3 Å². The lowest BCUT2D eigenvalue weighted by atomic mass is 10.1. The number of carbonyl (C=O) groups is 2. The molecule has 30 heavy (non-hydrogen) atoms. The first-order chi connectivity index (χ1) is 14.6. The van der Waals surface area contributed by atoms with Crippen molar-refractivity contribution in [2.24, 2.45) is 5.10 Å². The highest BCUT2D eigenvalue weighted by molar-refractivity contribution is 6.00. The molecular formula is C23H22N4O3. The summed E-state index contributed by atoms with van der Waals surface area (Å²) in [4.78, 5) is 23.8. The Morgan fingerprint density at radius 1 is 0.800 bits per heavy atom. The highest BCUT2D eigenvalue weighted by Gasteiger charge is 2.05. The number of hydrazone groups is 1. The van der Waals surface area contributed by atoms with Gasteiger partial charge < -0.3 is 15.4 Å². The molecular weight excluding hydrogens is 380 g/mol. The van der Waals surface area contributed by atoms with Crippen LogP contribution in [0.2, 0.25) is 0 Å². The highest BCUT2D eigenvalue weighted by atomic mass is 16.5. The maximum absolute atomic E-state index is 11.9. The molecule has 7 heteroatoms. The number of ether oxygens (including phenoxy) is 1. The molecule has 3 aromatic carbocycles. The van der Waals surface area contributed by atoms with Crippen LogP contribution < -0.4 is 20.8 Å². The van der Waals surface area contributed by atoms with Gasteiger partial charge in [-0.2, -0.15) is 5.10 Å². The average Bonchev–Trinajstić information content (AvgIpc) is 2.78. The Kier molecular flexibility index (Phi) is 7.16. The Labute approximate surface area is 174 Å². The van der Waals surface area contributed by atoms with Crippen LogP contribution in [0.15, 0.2) is 90.0 Å². The fraction of sp³-hybridized carbons (Fsp3) is 0.0870. The van der Waals surface area contributed by atoms with Crippen LogP contribution in [0, 0.1) is 0 Å². The summed E-state index contributed by atoms with van der Waals surface area (Å²) in [7, 11) is 0.